The first-order valence-electron chi connectivity index (χ1n) is 8.67. The molecule has 3 aromatic rings. The van der Waals surface area contributed by atoms with Gasteiger partial charge in [-0.15, -0.1) is 0 Å². The van der Waals surface area contributed by atoms with Crippen molar-refractivity contribution in [3.63, 3.8) is 0 Å². The summed E-state index contributed by atoms with van der Waals surface area (Å²) in [5, 5.41) is 3.65. The number of fused-ring (bicyclic) bond motifs is 1. The first kappa shape index (κ1) is 19.1. The molecule has 0 radical (unpaired) electrons. The highest BCUT2D eigenvalue weighted by Crippen LogP contribution is 2.19. The van der Waals surface area contributed by atoms with Gasteiger partial charge in [-0.3, -0.25) is 4.79 Å². The number of hydrogen-bond acceptors (Lipinski definition) is 4. The number of carbonyl (C=O) groups is 1. The van der Waals surface area contributed by atoms with Crippen molar-refractivity contribution in [2.45, 2.75) is 32.2 Å². The fourth-order valence-corrected chi connectivity index (χ4v) is 4.33. The molecule has 1 amide bonds. The van der Waals surface area contributed by atoms with Crippen LogP contribution in [0.4, 0.5) is 0 Å². The summed E-state index contributed by atoms with van der Waals surface area (Å²) in [6, 6.07) is 16.1. The SMILES string of the molecule is CC(C)NS(=O)(=O)Cc1ccccc1CNC(=O)c1cc2ccccc2o1. The van der Waals surface area contributed by atoms with Gasteiger partial charge in [-0.2, -0.15) is 0 Å². The van der Waals surface area contributed by atoms with E-state index in [4.69, 9.17) is 4.42 Å². The average molecular weight is 386 g/mol. The van der Waals surface area contributed by atoms with Gasteiger partial charge in [0.1, 0.15) is 5.58 Å². The Kier molecular flexibility index (Phi) is 5.62. The monoisotopic (exact) mass is 386 g/mol. The Morgan fingerprint density at radius 1 is 1.04 bits per heavy atom. The third-order valence-corrected chi connectivity index (χ3v) is 5.49. The highest BCUT2D eigenvalue weighted by molar-refractivity contribution is 7.88. The molecule has 27 heavy (non-hydrogen) atoms. The van der Waals surface area contributed by atoms with Crippen LogP contribution in [0.25, 0.3) is 11.0 Å². The first-order chi connectivity index (χ1) is 12.8. The molecule has 0 spiro atoms. The predicted octanol–water partition coefficient (Wildman–Crippen LogP) is 3.19. The second-order valence-corrected chi connectivity index (χ2v) is 8.39. The first-order valence-corrected chi connectivity index (χ1v) is 10.3. The highest BCUT2D eigenvalue weighted by atomic mass is 32.2. The molecule has 0 atom stereocenters. The van der Waals surface area contributed by atoms with Crippen LogP contribution in [-0.2, 0) is 22.3 Å². The van der Waals surface area contributed by atoms with Crippen molar-refractivity contribution in [2.75, 3.05) is 0 Å². The number of para-hydroxylation sites is 1. The van der Waals surface area contributed by atoms with Crippen molar-refractivity contribution >= 4 is 26.9 Å². The van der Waals surface area contributed by atoms with Crippen LogP contribution in [0.15, 0.2) is 59.0 Å². The van der Waals surface area contributed by atoms with Crippen molar-refractivity contribution < 1.29 is 17.6 Å². The third-order valence-electron chi connectivity index (χ3n) is 3.97. The zero-order valence-electron chi connectivity index (χ0n) is 15.2. The Morgan fingerprint density at radius 2 is 1.70 bits per heavy atom. The summed E-state index contributed by atoms with van der Waals surface area (Å²) in [5.41, 5.74) is 2.04. The molecule has 2 N–H and O–H groups in total. The summed E-state index contributed by atoms with van der Waals surface area (Å²) in [6.45, 7) is 3.76. The summed E-state index contributed by atoms with van der Waals surface area (Å²) < 4.78 is 32.5. The van der Waals surface area contributed by atoms with Gasteiger partial charge >= 0.3 is 0 Å². The van der Waals surface area contributed by atoms with E-state index in [1.165, 1.54) is 0 Å². The molecule has 142 valence electrons. The number of nitrogens with one attached hydrogen (secondary N) is 2. The van der Waals surface area contributed by atoms with Crippen LogP contribution in [0.1, 0.15) is 35.5 Å². The zero-order chi connectivity index (χ0) is 19.4. The van der Waals surface area contributed by atoms with E-state index in [-0.39, 0.29) is 30.0 Å². The van der Waals surface area contributed by atoms with Gasteiger partial charge in [0.25, 0.3) is 5.91 Å². The topological polar surface area (TPSA) is 88.4 Å². The number of amides is 1. The van der Waals surface area contributed by atoms with Gasteiger partial charge in [0, 0.05) is 18.0 Å². The zero-order valence-corrected chi connectivity index (χ0v) is 16.0. The molecule has 1 aromatic heterocycles. The van der Waals surface area contributed by atoms with Gasteiger partial charge in [0.15, 0.2) is 5.76 Å². The molecule has 0 aliphatic heterocycles. The van der Waals surface area contributed by atoms with E-state index in [1.807, 2.05) is 24.3 Å². The highest BCUT2D eigenvalue weighted by Gasteiger charge is 2.16. The van der Waals surface area contributed by atoms with Crippen molar-refractivity contribution in [3.05, 3.63) is 71.5 Å². The average Bonchev–Trinajstić information content (AvgIpc) is 3.03. The van der Waals surface area contributed by atoms with E-state index >= 15 is 0 Å². The fraction of sp³-hybridized carbons (Fsp3) is 0.250. The van der Waals surface area contributed by atoms with E-state index < -0.39 is 10.0 Å². The summed E-state index contributed by atoms with van der Waals surface area (Å²) in [7, 11) is -3.45. The maximum Gasteiger partial charge on any atom is 0.287 e. The smallest absolute Gasteiger partial charge is 0.287 e. The van der Waals surface area contributed by atoms with Gasteiger partial charge in [-0.25, -0.2) is 13.1 Å². The molecule has 0 bridgehead atoms. The van der Waals surface area contributed by atoms with E-state index in [1.54, 1.807) is 44.2 Å². The van der Waals surface area contributed by atoms with E-state index in [2.05, 4.69) is 10.0 Å². The molecule has 0 unspecified atom stereocenters. The molecule has 0 saturated heterocycles. The Hall–Kier alpha value is -2.64. The molecule has 6 nitrogen and oxygen atoms in total. The van der Waals surface area contributed by atoms with Crippen LogP contribution in [0.2, 0.25) is 0 Å². The number of sulfonamides is 1. The molecule has 1 heterocycles. The van der Waals surface area contributed by atoms with Gasteiger partial charge in [0.05, 0.1) is 5.75 Å². The Morgan fingerprint density at radius 3 is 2.41 bits per heavy atom. The van der Waals surface area contributed by atoms with Crippen LogP contribution in [-0.4, -0.2) is 20.4 Å². The second-order valence-electron chi connectivity index (χ2n) is 6.63. The van der Waals surface area contributed by atoms with Crippen molar-refractivity contribution in [3.8, 4) is 0 Å². The molecule has 0 saturated carbocycles. The Labute approximate surface area is 158 Å². The van der Waals surface area contributed by atoms with Gasteiger partial charge in [-0.1, -0.05) is 42.5 Å². The number of hydrogen-bond donors (Lipinski definition) is 2. The van der Waals surface area contributed by atoms with Crippen molar-refractivity contribution in [1.29, 1.82) is 0 Å². The molecular formula is C20H22N2O4S. The lowest BCUT2D eigenvalue weighted by atomic mass is 10.1. The maximum atomic E-state index is 12.4. The fourth-order valence-electron chi connectivity index (χ4n) is 2.83. The largest absolute Gasteiger partial charge is 0.451 e. The summed E-state index contributed by atoms with van der Waals surface area (Å²) in [5.74, 6) is -0.256. The maximum absolute atomic E-state index is 12.4. The van der Waals surface area contributed by atoms with E-state index in [9.17, 15) is 13.2 Å². The minimum atomic E-state index is -3.45. The Balaban J connectivity index is 1.71. The quantitative estimate of drug-likeness (QED) is 0.653. The molecule has 0 aliphatic rings. The lowest BCUT2D eigenvalue weighted by Crippen LogP contribution is -2.31. The minimum absolute atomic E-state index is 0.137. The predicted molar refractivity (Wildman–Crippen MR) is 105 cm³/mol. The Bertz CT molecular complexity index is 1020. The van der Waals surface area contributed by atoms with Gasteiger partial charge in [-0.05, 0) is 37.1 Å². The molecule has 0 aliphatic carbocycles. The summed E-state index contributed by atoms with van der Waals surface area (Å²) in [6.07, 6.45) is 0. The summed E-state index contributed by atoms with van der Waals surface area (Å²) in [4.78, 5) is 12.4. The minimum Gasteiger partial charge on any atom is -0.451 e. The van der Waals surface area contributed by atoms with Crippen LogP contribution in [0.3, 0.4) is 0 Å². The van der Waals surface area contributed by atoms with Crippen LogP contribution >= 0.6 is 0 Å². The number of furan rings is 1. The normalized spacial score (nSPS) is 11.8. The lowest BCUT2D eigenvalue weighted by Gasteiger charge is -2.13. The molecule has 3 rings (SSSR count). The van der Waals surface area contributed by atoms with E-state index in [0.29, 0.717) is 11.1 Å². The van der Waals surface area contributed by atoms with Crippen LogP contribution in [0, 0.1) is 0 Å². The molecular weight excluding hydrogens is 364 g/mol. The molecule has 0 fully saturated rings. The van der Waals surface area contributed by atoms with Crippen molar-refractivity contribution in [2.24, 2.45) is 0 Å². The number of rotatable bonds is 7. The van der Waals surface area contributed by atoms with Crippen LogP contribution < -0.4 is 10.0 Å². The lowest BCUT2D eigenvalue weighted by molar-refractivity contribution is 0.0925. The number of carbonyl (C=O) groups excluding carboxylic acids is 1. The van der Waals surface area contributed by atoms with Crippen LogP contribution in [0.5, 0.6) is 0 Å². The summed E-state index contributed by atoms with van der Waals surface area (Å²) >= 11 is 0. The molecule has 2 aromatic carbocycles. The third kappa shape index (κ3) is 4.96. The van der Waals surface area contributed by atoms with E-state index in [0.717, 1.165) is 10.9 Å². The second kappa shape index (κ2) is 7.94. The van der Waals surface area contributed by atoms with Gasteiger partial charge in [0.2, 0.25) is 10.0 Å². The van der Waals surface area contributed by atoms with Crippen molar-refractivity contribution in [1.82, 2.24) is 10.0 Å². The standard InChI is InChI=1S/C20H22N2O4S/c1-14(2)22-27(24,25)13-17-9-4-3-8-16(17)12-21-20(23)19-11-15-7-5-6-10-18(15)26-19/h3-11,14,22H,12-13H2,1-2H3,(H,21,23). The number of benzene rings is 2. The van der Waals surface area contributed by atoms with Gasteiger partial charge < -0.3 is 9.73 Å². The molecule has 7 heteroatoms.